The molecule has 0 atom stereocenters. The maximum atomic E-state index is 11.6. The van der Waals surface area contributed by atoms with E-state index in [2.05, 4.69) is 5.32 Å². The van der Waals surface area contributed by atoms with Gasteiger partial charge >= 0.3 is 6.09 Å². The number of carbonyl (C=O) groups is 1. The molecule has 1 aliphatic rings. The van der Waals surface area contributed by atoms with Gasteiger partial charge in [0.25, 0.3) is 0 Å². The van der Waals surface area contributed by atoms with Crippen LogP contribution in [0.1, 0.15) is 26.3 Å². The summed E-state index contributed by atoms with van der Waals surface area (Å²) in [5, 5.41) is 2.68. The Bertz CT molecular complexity index is 437. The number of amides is 1. The van der Waals surface area contributed by atoms with Crippen LogP contribution in [0.15, 0.2) is 18.2 Å². The Kier molecular flexibility index (Phi) is 2.93. The van der Waals surface area contributed by atoms with Crippen LogP contribution in [0, 0.1) is 0 Å². The molecule has 0 radical (unpaired) electrons. The average Bonchev–Trinajstić information content (AvgIpc) is 2.63. The van der Waals surface area contributed by atoms with Crippen molar-refractivity contribution in [3.63, 3.8) is 0 Å². The summed E-state index contributed by atoms with van der Waals surface area (Å²) in [6.45, 7) is 5.76. The molecule has 5 heteroatoms. The first kappa shape index (κ1) is 11.7. The fraction of sp³-hybridized carbons (Fsp3) is 0.417. The van der Waals surface area contributed by atoms with Crippen molar-refractivity contribution in [1.29, 1.82) is 0 Å². The number of ether oxygens (including phenoxy) is 1. The first-order chi connectivity index (χ1) is 7.96. The summed E-state index contributed by atoms with van der Waals surface area (Å²) in [6.07, 6.45) is -0.488. The molecular formula is C12H15NO4. The standard InChI is InChI=1S/C12H15NO4/c1-12(2,3)16-11(14)13-9-5-4-6-10-8(9)7-15-17-10/h4-6H,7H2,1-3H3,(H,13,14). The van der Waals surface area contributed by atoms with Gasteiger partial charge in [0, 0.05) is 0 Å². The first-order valence-corrected chi connectivity index (χ1v) is 5.37. The largest absolute Gasteiger partial charge is 0.444 e. The number of hydrogen-bond acceptors (Lipinski definition) is 4. The van der Waals surface area contributed by atoms with Crippen LogP contribution in [-0.4, -0.2) is 11.7 Å². The maximum Gasteiger partial charge on any atom is 0.412 e. The molecule has 0 unspecified atom stereocenters. The lowest BCUT2D eigenvalue weighted by Crippen LogP contribution is -2.27. The third kappa shape index (κ3) is 2.88. The van der Waals surface area contributed by atoms with Gasteiger partial charge in [-0.25, -0.2) is 4.79 Å². The monoisotopic (exact) mass is 237 g/mol. The van der Waals surface area contributed by atoms with Crippen molar-refractivity contribution in [3.8, 4) is 5.75 Å². The maximum absolute atomic E-state index is 11.6. The topological polar surface area (TPSA) is 56.8 Å². The highest BCUT2D eigenvalue weighted by Gasteiger charge is 2.21. The molecule has 0 saturated carbocycles. The second-order valence-corrected chi connectivity index (χ2v) is 4.75. The third-order valence-electron chi connectivity index (χ3n) is 2.12. The fourth-order valence-corrected chi connectivity index (χ4v) is 1.48. The molecule has 0 aromatic heterocycles. The van der Waals surface area contributed by atoms with Gasteiger partial charge in [0.05, 0.1) is 11.3 Å². The van der Waals surface area contributed by atoms with Crippen molar-refractivity contribution >= 4 is 11.8 Å². The summed E-state index contributed by atoms with van der Waals surface area (Å²) in [7, 11) is 0. The summed E-state index contributed by atoms with van der Waals surface area (Å²) in [5.74, 6) is 0.624. The highest BCUT2D eigenvalue weighted by Crippen LogP contribution is 2.32. The molecule has 17 heavy (non-hydrogen) atoms. The molecule has 0 bridgehead atoms. The zero-order chi connectivity index (χ0) is 12.5. The van der Waals surface area contributed by atoms with Crippen LogP contribution < -0.4 is 10.2 Å². The Morgan fingerprint density at radius 2 is 2.18 bits per heavy atom. The second kappa shape index (κ2) is 4.25. The van der Waals surface area contributed by atoms with Crippen LogP contribution in [-0.2, 0) is 16.2 Å². The smallest absolute Gasteiger partial charge is 0.412 e. The summed E-state index contributed by atoms with van der Waals surface area (Å²) in [4.78, 5) is 21.4. The zero-order valence-corrected chi connectivity index (χ0v) is 10.1. The molecule has 0 spiro atoms. The molecule has 5 nitrogen and oxygen atoms in total. The van der Waals surface area contributed by atoms with Gasteiger partial charge in [-0.3, -0.25) is 5.32 Å². The molecule has 92 valence electrons. The van der Waals surface area contributed by atoms with E-state index in [1.807, 2.05) is 20.8 Å². The molecule has 1 N–H and O–H groups in total. The Balaban J connectivity index is 2.10. The Morgan fingerprint density at radius 1 is 1.41 bits per heavy atom. The summed E-state index contributed by atoms with van der Waals surface area (Å²) < 4.78 is 5.17. The van der Waals surface area contributed by atoms with Crippen LogP contribution in [0.25, 0.3) is 0 Å². The van der Waals surface area contributed by atoms with Gasteiger partial charge in [0.2, 0.25) is 0 Å². The van der Waals surface area contributed by atoms with Crippen molar-refractivity contribution in [2.24, 2.45) is 0 Å². The fourth-order valence-electron chi connectivity index (χ4n) is 1.48. The second-order valence-electron chi connectivity index (χ2n) is 4.75. The van der Waals surface area contributed by atoms with E-state index in [0.29, 0.717) is 18.0 Å². The quantitative estimate of drug-likeness (QED) is 0.763. The summed E-state index contributed by atoms with van der Waals surface area (Å²) in [6, 6.07) is 5.34. The number of rotatable bonds is 1. The van der Waals surface area contributed by atoms with E-state index in [1.165, 1.54) is 0 Å². The number of hydrogen-bond donors (Lipinski definition) is 1. The molecular weight excluding hydrogens is 222 g/mol. The van der Waals surface area contributed by atoms with Crippen LogP contribution in [0.3, 0.4) is 0 Å². The van der Waals surface area contributed by atoms with Crippen molar-refractivity contribution < 1.29 is 19.3 Å². The molecule has 1 aromatic rings. The Morgan fingerprint density at radius 3 is 2.88 bits per heavy atom. The number of benzene rings is 1. The van der Waals surface area contributed by atoms with Gasteiger partial charge in [-0.1, -0.05) is 6.07 Å². The minimum atomic E-state index is -0.519. The lowest BCUT2D eigenvalue weighted by Gasteiger charge is -2.20. The normalized spacial score (nSPS) is 13.8. The van der Waals surface area contributed by atoms with Gasteiger partial charge < -0.3 is 9.62 Å². The Hall–Kier alpha value is -1.75. The molecule has 2 rings (SSSR count). The van der Waals surface area contributed by atoms with Crippen LogP contribution in [0.5, 0.6) is 5.75 Å². The van der Waals surface area contributed by atoms with Gasteiger partial charge in [-0.2, -0.15) is 4.89 Å². The van der Waals surface area contributed by atoms with Gasteiger partial charge in [0.1, 0.15) is 12.2 Å². The Labute approximate surface area is 99.6 Å². The van der Waals surface area contributed by atoms with Gasteiger partial charge in [-0.15, -0.1) is 0 Å². The van der Waals surface area contributed by atoms with Crippen LogP contribution in [0.4, 0.5) is 10.5 Å². The van der Waals surface area contributed by atoms with E-state index >= 15 is 0 Å². The zero-order valence-electron chi connectivity index (χ0n) is 10.1. The summed E-state index contributed by atoms with van der Waals surface area (Å²) >= 11 is 0. The predicted molar refractivity (Wildman–Crippen MR) is 61.7 cm³/mol. The molecule has 1 heterocycles. The number of fused-ring (bicyclic) bond motifs is 1. The molecule has 0 fully saturated rings. The van der Waals surface area contributed by atoms with Crippen molar-refractivity contribution in [3.05, 3.63) is 23.8 Å². The summed E-state index contributed by atoms with van der Waals surface area (Å²) in [5.41, 5.74) is 0.947. The van der Waals surface area contributed by atoms with Crippen LogP contribution in [0.2, 0.25) is 0 Å². The average molecular weight is 237 g/mol. The minimum Gasteiger partial charge on any atom is -0.444 e. The SMILES string of the molecule is CC(C)(C)OC(=O)Nc1cccc2c1COO2. The van der Waals surface area contributed by atoms with E-state index in [4.69, 9.17) is 14.5 Å². The lowest BCUT2D eigenvalue weighted by molar-refractivity contribution is -0.194. The molecule has 0 aliphatic carbocycles. The number of anilines is 1. The van der Waals surface area contributed by atoms with E-state index in [9.17, 15) is 4.79 Å². The lowest BCUT2D eigenvalue weighted by atomic mass is 10.1. The van der Waals surface area contributed by atoms with E-state index in [0.717, 1.165) is 5.56 Å². The van der Waals surface area contributed by atoms with E-state index in [1.54, 1.807) is 18.2 Å². The molecule has 1 amide bonds. The highest BCUT2D eigenvalue weighted by molar-refractivity contribution is 5.86. The van der Waals surface area contributed by atoms with E-state index < -0.39 is 11.7 Å². The third-order valence-corrected chi connectivity index (χ3v) is 2.12. The molecule has 0 saturated heterocycles. The first-order valence-electron chi connectivity index (χ1n) is 5.37. The van der Waals surface area contributed by atoms with Crippen LogP contribution >= 0.6 is 0 Å². The highest BCUT2D eigenvalue weighted by atomic mass is 17.2. The predicted octanol–water partition coefficient (Wildman–Crippen LogP) is 2.86. The van der Waals surface area contributed by atoms with Gasteiger partial charge in [-0.05, 0) is 32.9 Å². The van der Waals surface area contributed by atoms with Gasteiger partial charge in [0.15, 0.2) is 5.75 Å². The number of carbonyl (C=O) groups excluding carboxylic acids is 1. The molecule has 1 aliphatic heterocycles. The minimum absolute atomic E-state index is 0.321. The molecule has 1 aromatic carbocycles. The van der Waals surface area contributed by atoms with E-state index in [-0.39, 0.29) is 0 Å². The number of nitrogens with one attached hydrogen (secondary N) is 1. The van der Waals surface area contributed by atoms with Crippen molar-refractivity contribution in [2.45, 2.75) is 33.0 Å². The van der Waals surface area contributed by atoms with Crippen molar-refractivity contribution in [1.82, 2.24) is 0 Å². The van der Waals surface area contributed by atoms with Crippen molar-refractivity contribution in [2.75, 3.05) is 5.32 Å².